The zero-order valence-electron chi connectivity index (χ0n) is 15.8. The number of hydrogen-bond acceptors (Lipinski definition) is 4. The second kappa shape index (κ2) is 8.34. The first-order valence-electron chi connectivity index (χ1n) is 9.11. The summed E-state index contributed by atoms with van der Waals surface area (Å²) in [5, 5.41) is 11.2. The van der Waals surface area contributed by atoms with Crippen molar-refractivity contribution in [3.05, 3.63) is 71.0 Å². The normalized spacial score (nSPS) is 11.6. The molecule has 0 atom stereocenters. The number of carbonyl (C=O) groups excluding carboxylic acids is 1. The second-order valence-corrected chi connectivity index (χ2v) is 7.41. The van der Waals surface area contributed by atoms with Crippen LogP contribution < -0.4 is 10.6 Å². The molecule has 0 saturated heterocycles. The summed E-state index contributed by atoms with van der Waals surface area (Å²) >= 11 is 1.36. The third-order valence-corrected chi connectivity index (χ3v) is 5.21. The smallest absolute Gasteiger partial charge is 0.337 e. The molecule has 0 bridgehead atoms. The van der Waals surface area contributed by atoms with E-state index >= 15 is 0 Å². The van der Waals surface area contributed by atoms with Gasteiger partial charge in [0.05, 0.1) is 11.3 Å². The van der Waals surface area contributed by atoms with Crippen LogP contribution in [0.3, 0.4) is 0 Å². The lowest BCUT2D eigenvalue weighted by atomic mass is 10.2. The zero-order valence-corrected chi connectivity index (χ0v) is 16.6. The molecule has 0 spiro atoms. The molecule has 6 nitrogen and oxygen atoms in total. The molecule has 0 aliphatic carbocycles. The molecule has 31 heavy (non-hydrogen) atoms. The highest BCUT2D eigenvalue weighted by atomic mass is 32.1. The highest BCUT2D eigenvalue weighted by molar-refractivity contribution is 7.15. The number of halogens is 4. The molecule has 0 radical (unpaired) electrons. The largest absolute Gasteiger partial charge is 0.416 e. The summed E-state index contributed by atoms with van der Waals surface area (Å²) in [5.74, 6) is 0.00899. The number of amides is 2. The SMILES string of the molecule is O=C(NCCc1csc2nc(-c3cccc(F)c3)nn12)Nc1cccc(C(F)(F)F)c1. The van der Waals surface area contributed by atoms with Crippen molar-refractivity contribution in [2.75, 3.05) is 11.9 Å². The number of carbonyl (C=O) groups is 1. The minimum atomic E-state index is -4.49. The van der Waals surface area contributed by atoms with E-state index in [-0.39, 0.29) is 18.0 Å². The van der Waals surface area contributed by atoms with Crippen LogP contribution in [0, 0.1) is 5.82 Å². The van der Waals surface area contributed by atoms with Gasteiger partial charge in [0.2, 0.25) is 4.96 Å². The number of nitrogens with one attached hydrogen (secondary N) is 2. The Morgan fingerprint density at radius 2 is 1.94 bits per heavy atom. The Balaban J connectivity index is 1.37. The van der Waals surface area contributed by atoms with Gasteiger partial charge in [-0.25, -0.2) is 13.7 Å². The van der Waals surface area contributed by atoms with Crippen molar-refractivity contribution in [2.45, 2.75) is 12.6 Å². The fraction of sp³-hybridized carbons (Fsp3) is 0.150. The van der Waals surface area contributed by atoms with Crippen molar-refractivity contribution in [1.82, 2.24) is 19.9 Å². The van der Waals surface area contributed by atoms with E-state index in [0.717, 1.165) is 17.8 Å². The number of fused-ring (bicyclic) bond motifs is 1. The molecule has 11 heteroatoms. The summed E-state index contributed by atoms with van der Waals surface area (Å²) in [5.41, 5.74) is 0.544. The van der Waals surface area contributed by atoms with Crippen LogP contribution in [0.25, 0.3) is 16.3 Å². The Morgan fingerprint density at radius 1 is 1.13 bits per heavy atom. The lowest BCUT2D eigenvalue weighted by Gasteiger charge is -2.10. The van der Waals surface area contributed by atoms with Crippen molar-refractivity contribution in [3.63, 3.8) is 0 Å². The maximum absolute atomic E-state index is 13.4. The monoisotopic (exact) mass is 449 g/mol. The summed E-state index contributed by atoms with van der Waals surface area (Å²) in [6.45, 7) is 0.228. The van der Waals surface area contributed by atoms with E-state index in [2.05, 4.69) is 20.7 Å². The molecule has 4 rings (SSSR count). The van der Waals surface area contributed by atoms with E-state index in [4.69, 9.17) is 0 Å². The quantitative estimate of drug-likeness (QED) is 0.422. The van der Waals surface area contributed by atoms with Crippen LogP contribution in [0.2, 0.25) is 0 Å². The molecule has 0 aliphatic rings. The molecule has 0 unspecified atom stereocenters. The summed E-state index contributed by atoms with van der Waals surface area (Å²) < 4.78 is 53.3. The first kappa shape index (κ1) is 20.8. The molecular formula is C20H15F4N5OS. The first-order valence-corrected chi connectivity index (χ1v) is 9.99. The van der Waals surface area contributed by atoms with Gasteiger partial charge in [-0.1, -0.05) is 18.2 Å². The van der Waals surface area contributed by atoms with Crippen LogP contribution in [0.5, 0.6) is 0 Å². The van der Waals surface area contributed by atoms with Crippen LogP contribution in [-0.2, 0) is 12.6 Å². The van der Waals surface area contributed by atoms with E-state index in [1.165, 1.54) is 35.6 Å². The van der Waals surface area contributed by atoms with Crippen LogP contribution in [0.1, 0.15) is 11.3 Å². The van der Waals surface area contributed by atoms with Gasteiger partial charge in [0, 0.05) is 29.6 Å². The van der Waals surface area contributed by atoms with Gasteiger partial charge in [-0.05, 0) is 30.3 Å². The van der Waals surface area contributed by atoms with Crippen LogP contribution >= 0.6 is 11.3 Å². The standard InChI is InChI=1S/C20H15F4N5OS/c21-14-5-1-3-12(9-14)17-27-19-29(28-17)16(11-31-19)7-8-25-18(30)26-15-6-2-4-13(10-15)20(22,23)24/h1-6,9-11H,7-8H2,(H2,25,26,30). The van der Waals surface area contributed by atoms with Gasteiger partial charge in [0.15, 0.2) is 5.82 Å². The highest BCUT2D eigenvalue weighted by Gasteiger charge is 2.30. The number of hydrogen-bond donors (Lipinski definition) is 2. The molecule has 2 aromatic carbocycles. The molecule has 4 aromatic rings. The number of thiazole rings is 1. The summed E-state index contributed by atoms with van der Waals surface area (Å²) in [6, 6.07) is 9.75. The predicted octanol–water partition coefficient (Wildman–Crippen LogP) is 4.98. The third-order valence-electron chi connectivity index (χ3n) is 4.35. The molecule has 2 heterocycles. The topological polar surface area (TPSA) is 71.3 Å². The van der Waals surface area contributed by atoms with Crippen LogP contribution in [-0.4, -0.2) is 27.2 Å². The Morgan fingerprint density at radius 3 is 2.71 bits per heavy atom. The van der Waals surface area contributed by atoms with Crippen LogP contribution in [0.4, 0.5) is 28.0 Å². The number of alkyl halides is 3. The van der Waals surface area contributed by atoms with Crippen molar-refractivity contribution >= 4 is 28.0 Å². The third kappa shape index (κ3) is 4.82. The van der Waals surface area contributed by atoms with Crippen molar-refractivity contribution < 1.29 is 22.4 Å². The number of urea groups is 1. The molecule has 2 amide bonds. The number of benzene rings is 2. The lowest BCUT2D eigenvalue weighted by Crippen LogP contribution is -2.30. The number of anilines is 1. The Bertz CT molecular complexity index is 1230. The van der Waals surface area contributed by atoms with Gasteiger partial charge in [-0.2, -0.15) is 18.2 Å². The summed E-state index contributed by atoms with van der Waals surface area (Å²) in [4.78, 5) is 17.0. The predicted molar refractivity (Wildman–Crippen MR) is 108 cm³/mol. The van der Waals surface area contributed by atoms with Gasteiger partial charge in [0.25, 0.3) is 0 Å². The van der Waals surface area contributed by atoms with E-state index < -0.39 is 17.8 Å². The average molecular weight is 449 g/mol. The van der Waals surface area contributed by atoms with Gasteiger partial charge in [0.1, 0.15) is 5.82 Å². The second-order valence-electron chi connectivity index (χ2n) is 6.58. The van der Waals surface area contributed by atoms with Crippen LogP contribution in [0.15, 0.2) is 53.9 Å². The Labute approximate surface area is 177 Å². The Kier molecular flexibility index (Phi) is 5.59. The molecule has 0 saturated carbocycles. The van der Waals surface area contributed by atoms with E-state index in [0.29, 0.717) is 22.8 Å². The molecular weight excluding hydrogens is 434 g/mol. The van der Waals surface area contributed by atoms with Crippen molar-refractivity contribution in [1.29, 1.82) is 0 Å². The number of nitrogens with zero attached hydrogens (tertiary/aromatic N) is 3. The van der Waals surface area contributed by atoms with Gasteiger partial charge in [-0.3, -0.25) is 0 Å². The maximum atomic E-state index is 13.4. The highest BCUT2D eigenvalue weighted by Crippen LogP contribution is 2.30. The van der Waals surface area contributed by atoms with E-state index in [9.17, 15) is 22.4 Å². The zero-order chi connectivity index (χ0) is 22.0. The van der Waals surface area contributed by atoms with Crippen molar-refractivity contribution in [2.24, 2.45) is 0 Å². The lowest BCUT2D eigenvalue weighted by molar-refractivity contribution is -0.137. The van der Waals surface area contributed by atoms with Gasteiger partial charge in [-0.15, -0.1) is 16.4 Å². The summed E-state index contributed by atoms with van der Waals surface area (Å²) in [7, 11) is 0. The van der Waals surface area contributed by atoms with Crippen molar-refractivity contribution in [3.8, 4) is 11.4 Å². The fourth-order valence-electron chi connectivity index (χ4n) is 2.90. The Hall–Kier alpha value is -3.47. The summed E-state index contributed by atoms with van der Waals surface area (Å²) in [6.07, 6.45) is -4.07. The number of rotatable bonds is 5. The molecule has 2 aromatic heterocycles. The van der Waals surface area contributed by atoms with Gasteiger partial charge >= 0.3 is 12.2 Å². The fourth-order valence-corrected chi connectivity index (χ4v) is 3.76. The molecule has 0 aliphatic heterocycles. The number of aromatic nitrogens is 3. The molecule has 2 N–H and O–H groups in total. The van der Waals surface area contributed by atoms with Gasteiger partial charge < -0.3 is 10.6 Å². The average Bonchev–Trinajstić information content (AvgIpc) is 3.29. The maximum Gasteiger partial charge on any atom is 0.416 e. The molecule has 160 valence electrons. The van der Waals surface area contributed by atoms with E-state index in [1.54, 1.807) is 16.6 Å². The minimum absolute atomic E-state index is 0.0428. The van der Waals surface area contributed by atoms with E-state index in [1.807, 2.05) is 5.38 Å². The molecule has 0 fully saturated rings. The minimum Gasteiger partial charge on any atom is -0.337 e. The first-order chi connectivity index (χ1) is 14.8.